The van der Waals surface area contributed by atoms with Gasteiger partial charge in [-0.3, -0.25) is 4.79 Å². The highest BCUT2D eigenvalue weighted by molar-refractivity contribution is 5.88. The molecule has 0 saturated carbocycles. The maximum Gasteiger partial charge on any atom is 0.152 e. The Balaban J connectivity index is 1.74. The lowest BCUT2D eigenvalue weighted by Crippen LogP contribution is -2.47. The van der Waals surface area contributed by atoms with Gasteiger partial charge in [0.05, 0.1) is 11.6 Å². The molecule has 18 heavy (non-hydrogen) atoms. The van der Waals surface area contributed by atoms with Crippen LogP contribution in [0.25, 0.3) is 0 Å². The summed E-state index contributed by atoms with van der Waals surface area (Å²) in [6, 6.07) is 0. The Kier molecular flexibility index (Phi) is 5.19. The van der Waals surface area contributed by atoms with Crippen LogP contribution in [-0.2, 0) is 9.53 Å². The molecule has 2 fully saturated rings. The monoisotopic (exact) mass is 253 g/mol. The molecule has 2 aliphatic heterocycles. The lowest BCUT2D eigenvalue weighted by Gasteiger charge is -2.27. The third-order valence-corrected chi connectivity index (χ3v) is 4.41. The molecule has 1 N–H and O–H groups in total. The quantitative estimate of drug-likeness (QED) is 0.758. The predicted molar refractivity (Wildman–Crippen MR) is 72.7 cm³/mol. The van der Waals surface area contributed by atoms with E-state index >= 15 is 0 Å². The molecule has 2 heterocycles. The Morgan fingerprint density at radius 1 is 1.44 bits per heavy atom. The molecule has 2 rings (SSSR count). The van der Waals surface area contributed by atoms with Gasteiger partial charge >= 0.3 is 0 Å². The van der Waals surface area contributed by atoms with E-state index in [0.717, 1.165) is 58.1 Å². The van der Waals surface area contributed by atoms with Crippen molar-refractivity contribution in [2.45, 2.75) is 76.4 Å². The van der Waals surface area contributed by atoms with Gasteiger partial charge in [-0.05, 0) is 51.5 Å². The summed E-state index contributed by atoms with van der Waals surface area (Å²) < 4.78 is 5.61. The first-order valence-electron chi connectivity index (χ1n) is 7.67. The van der Waals surface area contributed by atoms with Gasteiger partial charge in [-0.25, -0.2) is 0 Å². The first-order valence-corrected chi connectivity index (χ1v) is 7.67. The van der Waals surface area contributed by atoms with E-state index in [4.69, 9.17) is 4.74 Å². The summed E-state index contributed by atoms with van der Waals surface area (Å²) >= 11 is 0. The molecule has 0 aliphatic carbocycles. The van der Waals surface area contributed by atoms with Crippen LogP contribution in [0, 0.1) is 0 Å². The second-order valence-electron chi connectivity index (χ2n) is 5.81. The molecule has 0 radical (unpaired) electrons. The number of rotatable bonds is 7. The zero-order chi connectivity index (χ0) is 12.8. The lowest BCUT2D eigenvalue weighted by atomic mass is 9.85. The Morgan fingerprint density at radius 3 is 2.94 bits per heavy atom. The van der Waals surface area contributed by atoms with Crippen molar-refractivity contribution in [2.75, 3.05) is 13.2 Å². The molecule has 2 saturated heterocycles. The Labute approximate surface area is 111 Å². The number of Topliss-reactive ketones (excluding diaryl/α,β-unsaturated/α-hetero) is 1. The van der Waals surface area contributed by atoms with Crippen LogP contribution in [0.5, 0.6) is 0 Å². The van der Waals surface area contributed by atoms with Crippen molar-refractivity contribution >= 4 is 5.78 Å². The molecular formula is C15H27NO2. The Bertz CT molecular complexity index is 266. The molecule has 0 spiro atoms. The van der Waals surface area contributed by atoms with Crippen molar-refractivity contribution in [2.24, 2.45) is 0 Å². The van der Waals surface area contributed by atoms with Crippen LogP contribution >= 0.6 is 0 Å². The summed E-state index contributed by atoms with van der Waals surface area (Å²) in [6.45, 7) is 4.10. The van der Waals surface area contributed by atoms with Crippen LogP contribution in [0.4, 0.5) is 0 Å². The maximum absolute atomic E-state index is 12.4. The van der Waals surface area contributed by atoms with E-state index < -0.39 is 0 Å². The molecule has 3 heteroatoms. The van der Waals surface area contributed by atoms with Crippen LogP contribution in [-0.4, -0.2) is 30.6 Å². The fraction of sp³-hybridized carbons (Fsp3) is 0.933. The number of hydrogen-bond acceptors (Lipinski definition) is 3. The van der Waals surface area contributed by atoms with E-state index in [-0.39, 0.29) is 5.54 Å². The standard InChI is InChI=1S/C15H27NO2/c1-2-9-15(10-5-11-16-15)14(17)8-3-6-13-7-4-12-18-13/h13,16H,2-12H2,1H3. The van der Waals surface area contributed by atoms with Crippen LogP contribution in [0.2, 0.25) is 0 Å². The summed E-state index contributed by atoms with van der Waals surface area (Å²) in [7, 11) is 0. The number of carbonyl (C=O) groups excluding carboxylic acids is 1. The SMILES string of the molecule is CCCC1(C(=O)CCCC2CCCO2)CCCN1. The molecule has 0 amide bonds. The smallest absolute Gasteiger partial charge is 0.152 e. The van der Waals surface area contributed by atoms with E-state index in [1.807, 2.05) is 0 Å². The van der Waals surface area contributed by atoms with Crippen molar-refractivity contribution in [3.8, 4) is 0 Å². The van der Waals surface area contributed by atoms with Crippen LogP contribution in [0.3, 0.4) is 0 Å². The number of ether oxygens (including phenoxy) is 1. The highest BCUT2D eigenvalue weighted by Gasteiger charge is 2.38. The first-order chi connectivity index (χ1) is 8.77. The van der Waals surface area contributed by atoms with Gasteiger partial charge < -0.3 is 10.1 Å². The maximum atomic E-state index is 12.4. The second-order valence-corrected chi connectivity index (χ2v) is 5.81. The normalized spacial score (nSPS) is 31.9. The molecule has 2 aliphatic rings. The molecule has 0 aromatic carbocycles. The minimum absolute atomic E-state index is 0.175. The molecule has 104 valence electrons. The molecule has 0 aromatic rings. The Hall–Kier alpha value is -0.410. The highest BCUT2D eigenvalue weighted by atomic mass is 16.5. The van der Waals surface area contributed by atoms with Gasteiger partial charge in [0.25, 0.3) is 0 Å². The van der Waals surface area contributed by atoms with Crippen molar-refractivity contribution in [3.63, 3.8) is 0 Å². The van der Waals surface area contributed by atoms with Gasteiger partial charge in [0.2, 0.25) is 0 Å². The first kappa shape index (κ1) is 14.0. The fourth-order valence-electron chi connectivity index (χ4n) is 3.43. The van der Waals surface area contributed by atoms with Gasteiger partial charge in [0, 0.05) is 13.0 Å². The molecule has 3 nitrogen and oxygen atoms in total. The molecular weight excluding hydrogens is 226 g/mol. The van der Waals surface area contributed by atoms with Gasteiger partial charge in [0.15, 0.2) is 5.78 Å². The summed E-state index contributed by atoms with van der Waals surface area (Å²) in [5, 5.41) is 3.47. The predicted octanol–water partition coefficient (Wildman–Crippen LogP) is 2.83. The highest BCUT2D eigenvalue weighted by Crippen LogP contribution is 2.28. The largest absolute Gasteiger partial charge is 0.378 e. The lowest BCUT2D eigenvalue weighted by molar-refractivity contribution is -0.125. The summed E-state index contributed by atoms with van der Waals surface area (Å²) in [5.41, 5.74) is -0.175. The topological polar surface area (TPSA) is 38.3 Å². The van der Waals surface area contributed by atoms with E-state index in [1.165, 1.54) is 12.8 Å². The third kappa shape index (κ3) is 3.33. The molecule has 2 unspecified atom stereocenters. The van der Waals surface area contributed by atoms with Crippen LogP contribution in [0.1, 0.15) is 64.7 Å². The van der Waals surface area contributed by atoms with Crippen LogP contribution < -0.4 is 5.32 Å². The van der Waals surface area contributed by atoms with E-state index in [9.17, 15) is 4.79 Å². The molecule has 2 atom stereocenters. The van der Waals surface area contributed by atoms with E-state index in [0.29, 0.717) is 11.9 Å². The van der Waals surface area contributed by atoms with Gasteiger partial charge in [0.1, 0.15) is 0 Å². The number of ketones is 1. The fourth-order valence-corrected chi connectivity index (χ4v) is 3.43. The average molecular weight is 253 g/mol. The average Bonchev–Trinajstić information content (AvgIpc) is 3.01. The van der Waals surface area contributed by atoms with Crippen molar-refractivity contribution in [1.29, 1.82) is 0 Å². The summed E-state index contributed by atoms with van der Waals surface area (Å²) in [4.78, 5) is 12.4. The number of hydrogen-bond donors (Lipinski definition) is 1. The van der Waals surface area contributed by atoms with Gasteiger partial charge in [-0.2, -0.15) is 0 Å². The summed E-state index contributed by atoms with van der Waals surface area (Å²) in [6.07, 6.45) is 9.88. The minimum atomic E-state index is -0.175. The second kappa shape index (κ2) is 6.67. The minimum Gasteiger partial charge on any atom is -0.378 e. The zero-order valence-corrected chi connectivity index (χ0v) is 11.7. The Morgan fingerprint density at radius 2 is 2.33 bits per heavy atom. The number of carbonyl (C=O) groups is 1. The van der Waals surface area contributed by atoms with Gasteiger partial charge in [-0.1, -0.05) is 13.3 Å². The molecule has 0 aromatic heterocycles. The van der Waals surface area contributed by atoms with Gasteiger partial charge in [-0.15, -0.1) is 0 Å². The van der Waals surface area contributed by atoms with E-state index in [2.05, 4.69) is 12.2 Å². The third-order valence-electron chi connectivity index (χ3n) is 4.41. The van der Waals surface area contributed by atoms with E-state index in [1.54, 1.807) is 0 Å². The van der Waals surface area contributed by atoms with Crippen molar-refractivity contribution in [1.82, 2.24) is 5.32 Å². The zero-order valence-electron chi connectivity index (χ0n) is 11.7. The van der Waals surface area contributed by atoms with Crippen molar-refractivity contribution in [3.05, 3.63) is 0 Å². The van der Waals surface area contributed by atoms with Crippen LogP contribution in [0.15, 0.2) is 0 Å². The number of nitrogens with one attached hydrogen (secondary N) is 1. The summed E-state index contributed by atoms with van der Waals surface area (Å²) in [5.74, 6) is 0.444. The van der Waals surface area contributed by atoms with Crippen molar-refractivity contribution < 1.29 is 9.53 Å². The molecule has 0 bridgehead atoms.